The van der Waals surface area contributed by atoms with Crippen LogP contribution in [0.15, 0.2) is 170 Å². The van der Waals surface area contributed by atoms with Crippen LogP contribution in [-0.4, -0.2) is 49.3 Å². The molecular weight excluding hydrogens is 978 g/mol. The molecule has 432 valence electrons. The highest BCUT2D eigenvalue weighted by Gasteiger charge is 2.26. The van der Waals surface area contributed by atoms with Gasteiger partial charge in [0.2, 0.25) is 0 Å². The average molecular weight is 1080 g/mol. The number of phosphoric acid groups is 1. The number of ether oxygens (including phenoxy) is 2. The molecule has 0 aliphatic rings. The molecule has 0 aromatic heterocycles. The van der Waals surface area contributed by atoms with E-state index in [0.29, 0.717) is 12.8 Å². The van der Waals surface area contributed by atoms with Crippen molar-refractivity contribution in [3.63, 3.8) is 0 Å². The van der Waals surface area contributed by atoms with E-state index in [1.807, 2.05) is 0 Å². The zero-order chi connectivity index (χ0) is 55.9. The normalized spacial score (nSPS) is 14.3. The number of nitrogens with two attached hydrogens (primary N) is 1. The van der Waals surface area contributed by atoms with Crippen LogP contribution in [-0.2, 0) is 32.7 Å². The van der Waals surface area contributed by atoms with Gasteiger partial charge in [-0.05, 0) is 128 Å². The fourth-order valence-corrected chi connectivity index (χ4v) is 8.07. The highest BCUT2D eigenvalue weighted by Crippen LogP contribution is 2.43. The van der Waals surface area contributed by atoms with Crippen LogP contribution in [0.2, 0.25) is 0 Å². The Morgan fingerprint density at radius 3 is 1.01 bits per heavy atom. The van der Waals surface area contributed by atoms with Gasteiger partial charge in [0.15, 0.2) is 6.10 Å². The fraction of sp³-hybridized carbons (Fsp3) is 0.552. The Morgan fingerprint density at radius 2 is 0.675 bits per heavy atom. The van der Waals surface area contributed by atoms with E-state index in [0.717, 1.165) is 135 Å². The lowest BCUT2D eigenvalue weighted by atomic mass is 10.1. The van der Waals surface area contributed by atoms with Crippen LogP contribution >= 0.6 is 7.82 Å². The van der Waals surface area contributed by atoms with Crippen molar-refractivity contribution in [2.24, 2.45) is 5.73 Å². The number of unbranched alkanes of at least 4 members (excludes halogenated alkanes) is 12. The maximum atomic E-state index is 12.7. The quantitative estimate of drug-likeness (QED) is 0.0264. The van der Waals surface area contributed by atoms with Crippen molar-refractivity contribution in [1.82, 2.24) is 0 Å². The van der Waals surface area contributed by atoms with Crippen molar-refractivity contribution in [2.45, 2.75) is 213 Å². The second kappa shape index (κ2) is 60.6. The van der Waals surface area contributed by atoms with E-state index in [2.05, 4.69) is 184 Å². The highest BCUT2D eigenvalue weighted by molar-refractivity contribution is 7.47. The molecule has 9 nitrogen and oxygen atoms in total. The molecule has 2 unspecified atom stereocenters. The number of esters is 2. The summed E-state index contributed by atoms with van der Waals surface area (Å²) in [5.41, 5.74) is 5.38. The number of phosphoric ester groups is 1. The molecule has 77 heavy (non-hydrogen) atoms. The third kappa shape index (κ3) is 60.5. The van der Waals surface area contributed by atoms with Crippen molar-refractivity contribution >= 4 is 19.8 Å². The van der Waals surface area contributed by atoms with E-state index < -0.39 is 32.5 Å². The third-order valence-corrected chi connectivity index (χ3v) is 12.6. The molecule has 3 N–H and O–H groups in total. The number of hydrogen-bond acceptors (Lipinski definition) is 8. The molecule has 0 aliphatic heterocycles. The molecular formula is C67H106NO8P. The second-order valence-corrected chi connectivity index (χ2v) is 20.2. The molecule has 0 aromatic carbocycles. The third-order valence-electron chi connectivity index (χ3n) is 11.6. The van der Waals surface area contributed by atoms with Gasteiger partial charge in [-0.25, -0.2) is 4.57 Å². The maximum Gasteiger partial charge on any atom is 0.472 e. The van der Waals surface area contributed by atoms with Gasteiger partial charge >= 0.3 is 19.8 Å². The Hall–Kier alpha value is -4.63. The van der Waals surface area contributed by atoms with Crippen molar-refractivity contribution in [3.8, 4) is 0 Å². The van der Waals surface area contributed by atoms with Crippen LogP contribution in [0.5, 0.6) is 0 Å². The van der Waals surface area contributed by atoms with Crippen molar-refractivity contribution < 1.29 is 37.6 Å². The van der Waals surface area contributed by atoms with E-state index >= 15 is 0 Å². The molecule has 0 radical (unpaired) electrons. The second-order valence-electron chi connectivity index (χ2n) is 18.7. The number of allylic oxidation sites excluding steroid dienone is 28. The van der Waals surface area contributed by atoms with Gasteiger partial charge in [0.1, 0.15) is 6.61 Å². The van der Waals surface area contributed by atoms with Gasteiger partial charge in [0.25, 0.3) is 0 Å². The lowest BCUT2D eigenvalue weighted by molar-refractivity contribution is -0.161. The number of rotatable bonds is 53. The Morgan fingerprint density at radius 1 is 0.390 bits per heavy atom. The molecule has 0 spiro atoms. The minimum absolute atomic E-state index is 0.0381. The molecule has 0 amide bonds. The first-order valence-corrected chi connectivity index (χ1v) is 31.1. The molecule has 0 aromatic rings. The summed E-state index contributed by atoms with van der Waals surface area (Å²) in [7, 11) is -4.41. The minimum Gasteiger partial charge on any atom is -0.462 e. The van der Waals surface area contributed by atoms with Gasteiger partial charge in [0, 0.05) is 19.4 Å². The Kier molecular flexibility index (Phi) is 57.0. The van der Waals surface area contributed by atoms with Gasteiger partial charge in [0.05, 0.1) is 13.2 Å². The largest absolute Gasteiger partial charge is 0.472 e. The summed E-state index contributed by atoms with van der Waals surface area (Å²) < 4.78 is 33.0. The summed E-state index contributed by atoms with van der Waals surface area (Å²) in [6.07, 6.45) is 89.8. The maximum absolute atomic E-state index is 12.7. The first kappa shape index (κ1) is 72.4. The molecule has 0 fully saturated rings. The number of carbonyl (C=O) groups excluding carboxylic acids is 2. The predicted molar refractivity (Wildman–Crippen MR) is 329 cm³/mol. The molecule has 0 bridgehead atoms. The summed E-state index contributed by atoms with van der Waals surface area (Å²) in [6.45, 7) is 3.44. The van der Waals surface area contributed by atoms with Gasteiger partial charge in [-0.3, -0.25) is 18.6 Å². The molecule has 0 aliphatic carbocycles. The zero-order valence-electron chi connectivity index (χ0n) is 48.1. The van der Waals surface area contributed by atoms with Gasteiger partial charge < -0.3 is 20.1 Å². The zero-order valence-corrected chi connectivity index (χ0v) is 49.0. The summed E-state index contributed by atoms with van der Waals surface area (Å²) in [5.74, 6) is -0.887. The highest BCUT2D eigenvalue weighted by atomic mass is 31.2. The minimum atomic E-state index is -4.41. The first-order valence-electron chi connectivity index (χ1n) is 29.6. The SMILES string of the molecule is CC/C=C\C/C=C\C/C=C\C/C=C\C/C=C\C/C=C\C/C=C\C/C=C\C/C=C\CCCCCCCCCCCC(=O)OC(COC(=O)CCCCC/C=C\C/C=C\C/C=C\C/C=C\C/C=C\CC)COP(=O)(O)OCCN. The van der Waals surface area contributed by atoms with Crippen LogP contribution in [0.4, 0.5) is 0 Å². The molecule has 0 heterocycles. The van der Waals surface area contributed by atoms with Crippen molar-refractivity contribution in [2.75, 3.05) is 26.4 Å². The summed E-state index contributed by atoms with van der Waals surface area (Å²) in [4.78, 5) is 35.2. The van der Waals surface area contributed by atoms with Crippen LogP contribution in [0.25, 0.3) is 0 Å². The van der Waals surface area contributed by atoms with Gasteiger partial charge in [-0.15, -0.1) is 0 Å². The Labute approximate surface area is 470 Å². The number of carbonyl (C=O) groups is 2. The monoisotopic (exact) mass is 1080 g/mol. The van der Waals surface area contributed by atoms with Crippen molar-refractivity contribution in [1.29, 1.82) is 0 Å². The van der Waals surface area contributed by atoms with E-state index in [1.54, 1.807) is 0 Å². The molecule has 0 saturated carbocycles. The summed E-state index contributed by atoms with van der Waals surface area (Å²) >= 11 is 0. The van der Waals surface area contributed by atoms with Gasteiger partial charge in [-0.1, -0.05) is 235 Å². The Bertz CT molecular complexity index is 1860. The lowest BCUT2D eigenvalue weighted by Crippen LogP contribution is -2.29. The van der Waals surface area contributed by atoms with E-state index in [-0.39, 0.29) is 32.6 Å². The first-order chi connectivity index (χ1) is 37.8. The fourth-order valence-electron chi connectivity index (χ4n) is 7.30. The van der Waals surface area contributed by atoms with Crippen LogP contribution in [0.1, 0.15) is 206 Å². The van der Waals surface area contributed by atoms with Crippen LogP contribution < -0.4 is 5.73 Å². The molecule has 10 heteroatoms. The standard InChI is InChI=1S/C67H106NO8P/c1-3-5-7-9-11-13-15-17-19-21-23-24-25-26-27-28-29-30-31-32-33-34-35-36-37-38-39-40-42-44-46-48-50-52-54-56-58-60-67(70)76-65(64-75-77(71,72)74-62-61-68)63-73-66(69)59-57-55-53-51-49-47-45-43-41-22-20-18-16-14-12-10-8-6-4-2/h5-8,11-14,17-20,23-24,26-27,29-30,32-33,35-36,38-39,41,43,47,49,65H,3-4,9-10,15-16,21-22,25,28,31,34,37,40,42,44-46,48,50-64,68H2,1-2H3,(H,71,72)/b7-5-,8-6-,13-11-,14-12-,19-17-,20-18-,24-23-,27-26-,30-29-,33-32-,36-35-,39-38-,43-41-,49-47-. The Balaban J connectivity index is 4.06. The van der Waals surface area contributed by atoms with E-state index in [4.69, 9.17) is 24.3 Å². The molecule has 0 saturated heterocycles. The van der Waals surface area contributed by atoms with E-state index in [1.165, 1.54) is 32.1 Å². The molecule has 2 atom stereocenters. The lowest BCUT2D eigenvalue weighted by Gasteiger charge is -2.19. The van der Waals surface area contributed by atoms with Crippen LogP contribution in [0.3, 0.4) is 0 Å². The summed E-state index contributed by atoms with van der Waals surface area (Å²) in [5, 5.41) is 0. The van der Waals surface area contributed by atoms with Crippen LogP contribution in [0, 0.1) is 0 Å². The predicted octanol–water partition coefficient (Wildman–Crippen LogP) is 19.1. The smallest absolute Gasteiger partial charge is 0.462 e. The molecule has 0 rings (SSSR count). The average Bonchev–Trinajstić information content (AvgIpc) is 3.42. The summed E-state index contributed by atoms with van der Waals surface area (Å²) in [6, 6.07) is 0. The topological polar surface area (TPSA) is 134 Å². The van der Waals surface area contributed by atoms with E-state index in [9.17, 15) is 19.0 Å². The van der Waals surface area contributed by atoms with Gasteiger partial charge in [-0.2, -0.15) is 0 Å². The van der Waals surface area contributed by atoms with Crippen molar-refractivity contribution in [3.05, 3.63) is 170 Å². The number of hydrogen-bond donors (Lipinski definition) is 2.